The van der Waals surface area contributed by atoms with Crippen molar-refractivity contribution in [2.75, 3.05) is 0 Å². The Balaban J connectivity index is 1.63. The van der Waals surface area contributed by atoms with E-state index in [2.05, 4.69) is 13.5 Å². The van der Waals surface area contributed by atoms with Crippen LogP contribution in [0.25, 0.3) is 0 Å². The van der Waals surface area contributed by atoms with Gasteiger partial charge in [0, 0.05) is 5.56 Å². The predicted octanol–water partition coefficient (Wildman–Crippen LogP) is 5.68. The maximum Gasteiger partial charge on any atom is 0.336 e. The molecule has 2 N–H and O–H groups in total. The lowest BCUT2D eigenvalue weighted by atomic mass is 9.71. The van der Waals surface area contributed by atoms with Gasteiger partial charge in [-0.2, -0.15) is 0 Å². The van der Waals surface area contributed by atoms with Gasteiger partial charge in [0.05, 0.1) is 0 Å². The van der Waals surface area contributed by atoms with Crippen LogP contribution in [-0.2, 0) is 19.1 Å². The average molecular weight is 445 g/mol. The number of carbonyl (C=O) groups is 2. The summed E-state index contributed by atoms with van der Waals surface area (Å²) in [6.07, 6.45) is 9.29. The van der Waals surface area contributed by atoms with Crippen molar-refractivity contribution in [1.82, 2.24) is 0 Å². The molecule has 1 saturated carbocycles. The van der Waals surface area contributed by atoms with Crippen molar-refractivity contribution >= 4 is 11.9 Å². The molecule has 0 bridgehead atoms. The number of allylic oxidation sites excluding steroid dienone is 1. The number of benzene rings is 1. The first kappa shape index (κ1) is 24.5. The number of carboxylic acid groups (broad SMARTS) is 2. The summed E-state index contributed by atoms with van der Waals surface area (Å²) >= 11 is 0. The van der Waals surface area contributed by atoms with Crippen LogP contribution in [0.2, 0.25) is 0 Å². The van der Waals surface area contributed by atoms with Crippen LogP contribution in [0.4, 0.5) is 0 Å². The molecule has 2 aliphatic rings. The Morgan fingerprint density at radius 1 is 1.03 bits per heavy atom. The lowest BCUT2D eigenvalue weighted by Crippen LogP contribution is -2.36. The Labute approximate surface area is 190 Å². The highest BCUT2D eigenvalue weighted by molar-refractivity contribution is 5.84. The number of hydrogen-bond acceptors (Lipinski definition) is 4. The molecule has 0 aromatic heterocycles. The summed E-state index contributed by atoms with van der Waals surface area (Å²) in [5, 5.41) is 18.4. The standard InChI is InChI=1S/C26H36O6/c1-3-5-6-8-17-9-11-18(12-10-17)21(7-4-2)19-13-15-20(16-14-19)26-31-22(24(27)28)23(32-26)25(29)30/h4,13-18,21-23,26H,2-3,5-12H2,1H3,(H,27,28)(H,29,30)/t17-,18-,21?,22-,23-/m1/s1. The maximum absolute atomic E-state index is 11.3. The highest BCUT2D eigenvalue weighted by Gasteiger charge is 2.46. The SMILES string of the molecule is C=CCC(c1ccc(C2O[C@@H](C(=O)O)[C@H](C(=O)O)O2)cc1)[C@H]1CC[C@H](CCCCC)CC1. The van der Waals surface area contributed by atoms with Crippen molar-refractivity contribution in [3.05, 3.63) is 48.0 Å². The quantitative estimate of drug-likeness (QED) is 0.337. The smallest absolute Gasteiger partial charge is 0.336 e. The summed E-state index contributed by atoms with van der Waals surface area (Å²) in [5.74, 6) is -0.776. The molecule has 176 valence electrons. The Kier molecular flexibility index (Phi) is 8.88. The van der Waals surface area contributed by atoms with Gasteiger partial charge < -0.3 is 19.7 Å². The first-order chi connectivity index (χ1) is 15.4. The van der Waals surface area contributed by atoms with Gasteiger partial charge in [-0.15, -0.1) is 6.58 Å². The van der Waals surface area contributed by atoms with E-state index in [1.54, 1.807) is 0 Å². The van der Waals surface area contributed by atoms with E-state index in [-0.39, 0.29) is 0 Å². The molecule has 0 amide bonds. The van der Waals surface area contributed by atoms with Gasteiger partial charge in [-0.1, -0.05) is 75.8 Å². The fourth-order valence-corrected chi connectivity index (χ4v) is 5.22. The van der Waals surface area contributed by atoms with Crippen LogP contribution in [0.15, 0.2) is 36.9 Å². The van der Waals surface area contributed by atoms with Gasteiger partial charge in [0.25, 0.3) is 0 Å². The van der Waals surface area contributed by atoms with E-state index in [0.29, 0.717) is 17.4 Å². The van der Waals surface area contributed by atoms with E-state index in [1.807, 2.05) is 30.3 Å². The molecule has 32 heavy (non-hydrogen) atoms. The van der Waals surface area contributed by atoms with Crippen LogP contribution >= 0.6 is 0 Å². The number of aliphatic carboxylic acids is 2. The minimum atomic E-state index is -1.52. The lowest BCUT2D eigenvalue weighted by molar-refractivity contribution is -0.156. The van der Waals surface area contributed by atoms with Gasteiger partial charge >= 0.3 is 11.9 Å². The fraction of sp³-hybridized carbons (Fsp3) is 0.615. The minimum Gasteiger partial charge on any atom is -0.479 e. The Hall–Kier alpha value is -2.18. The molecular formula is C26H36O6. The summed E-state index contributed by atoms with van der Waals surface area (Å²) < 4.78 is 10.8. The van der Waals surface area contributed by atoms with Gasteiger partial charge in [0.15, 0.2) is 18.5 Å². The van der Waals surface area contributed by atoms with Crippen molar-refractivity contribution < 1.29 is 29.3 Å². The lowest BCUT2D eigenvalue weighted by Gasteiger charge is -2.34. The molecule has 1 unspecified atom stereocenters. The first-order valence-electron chi connectivity index (χ1n) is 11.9. The average Bonchev–Trinajstić information content (AvgIpc) is 3.25. The summed E-state index contributed by atoms with van der Waals surface area (Å²) in [7, 11) is 0. The summed E-state index contributed by atoms with van der Waals surface area (Å²) in [6, 6.07) is 7.78. The second-order valence-electron chi connectivity index (χ2n) is 9.20. The molecule has 3 rings (SSSR count). The summed E-state index contributed by atoms with van der Waals surface area (Å²) in [4.78, 5) is 22.6. The first-order valence-corrected chi connectivity index (χ1v) is 11.9. The zero-order valence-electron chi connectivity index (χ0n) is 18.9. The molecule has 1 saturated heterocycles. The zero-order valence-corrected chi connectivity index (χ0v) is 18.9. The van der Waals surface area contributed by atoms with Crippen molar-refractivity contribution in [1.29, 1.82) is 0 Å². The molecule has 2 fully saturated rings. The molecular weight excluding hydrogens is 408 g/mol. The third kappa shape index (κ3) is 5.99. The monoisotopic (exact) mass is 444 g/mol. The predicted molar refractivity (Wildman–Crippen MR) is 121 cm³/mol. The molecule has 3 atom stereocenters. The number of ether oxygens (including phenoxy) is 2. The molecule has 6 heteroatoms. The van der Waals surface area contributed by atoms with Crippen molar-refractivity contribution in [3.8, 4) is 0 Å². The maximum atomic E-state index is 11.3. The normalized spacial score (nSPS) is 27.2. The van der Waals surface area contributed by atoms with Gasteiger partial charge in [0.2, 0.25) is 0 Å². The second-order valence-corrected chi connectivity index (χ2v) is 9.20. The molecule has 1 aromatic carbocycles. The molecule has 1 aliphatic heterocycles. The molecule has 1 aliphatic carbocycles. The van der Waals surface area contributed by atoms with Crippen molar-refractivity contribution in [2.45, 2.75) is 89.1 Å². The fourth-order valence-electron chi connectivity index (χ4n) is 5.22. The topological polar surface area (TPSA) is 93.1 Å². The van der Waals surface area contributed by atoms with Crippen molar-refractivity contribution in [3.63, 3.8) is 0 Å². The molecule has 0 radical (unpaired) electrons. The highest BCUT2D eigenvalue weighted by atomic mass is 16.7. The summed E-state index contributed by atoms with van der Waals surface area (Å²) in [5.41, 5.74) is 1.85. The zero-order chi connectivity index (χ0) is 23.1. The van der Waals surface area contributed by atoms with E-state index in [4.69, 9.17) is 9.47 Å². The van der Waals surface area contributed by atoms with Crippen LogP contribution in [0, 0.1) is 11.8 Å². The second kappa shape index (κ2) is 11.6. The minimum absolute atomic E-state index is 0.405. The van der Waals surface area contributed by atoms with E-state index < -0.39 is 30.4 Å². The molecule has 6 nitrogen and oxygen atoms in total. The Morgan fingerprint density at radius 3 is 2.12 bits per heavy atom. The van der Waals surface area contributed by atoms with Crippen molar-refractivity contribution in [2.24, 2.45) is 11.8 Å². The van der Waals surface area contributed by atoms with Crippen LogP contribution < -0.4 is 0 Å². The van der Waals surface area contributed by atoms with E-state index in [9.17, 15) is 19.8 Å². The van der Waals surface area contributed by atoms with E-state index in [1.165, 1.54) is 56.9 Å². The van der Waals surface area contributed by atoms with Crippen LogP contribution in [0.1, 0.15) is 88.0 Å². The summed E-state index contributed by atoms with van der Waals surface area (Å²) in [6.45, 7) is 6.22. The van der Waals surface area contributed by atoms with Gasteiger partial charge in [-0.25, -0.2) is 9.59 Å². The number of rotatable bonds is 11. The van der Waals surface area contributed by atoms with Gasteiger partial charge in [0.1, 0.15) is 0 Å². The molecule has 1 aromatic rings. The number of unbranched alkanes of at least 4 members (excludes halogenated alkanes) is 2. The third-order valence-corrected chi connectivity index (χ3v) is 7.04. The molecule has 1 heterocycles. The number of carboxylic acids is 2. The van der Waals surface area contributed by atoms with E-state index in [0.717, 1.165) is 12.3 Å². The Morgan fingerprint density at radius 2 is 1.62 bits per heavy atom. The van der Waals surface area contributed by atoms with Crippen LogP contribution in [0.3, 0.4) is 0 Å². The molecule has 0 spiro atoms. The van der Waals surface area contributed by atoms with Gasteiger partial charge in [-0.05, 0) is 42.6 Å². The third-order valence-electron chi connectivity index (χ3n) is 7.04. The van der Waals surface area contributed by atoms with Crippen LogP contribution in [0.5, 0.6) is 0 Å². The Bertz CT molecular complexity index is 743. The van der Waals surface area contributed by atoms with Crippen LogP contribution in [-0.4, -0.2) is 34.4 Å². The van der Waals surface area contributed by atoms with Gasteiger partial charge in [-0.3, -0.25) is 0 Å². The number of hydrogen-bond donors (Lipinski definition) is 2. The largest absolute Gasteiger partial charge is 0.479 e. The highest BCUT2D eigenvalue weighted by Crippen LogP contribution is 2.42. The van der Waals surface area contributed by atoms with E-state index >= 15 is 0 Å².